The third-order valence-electron chi connectivity index (χ3n) is 3.59. The van der Waals surface area contributed by atoms with Gasteiger partial charge in [0, 0.05) is 17.3 Å². The van der Waals surface area contributed by atoms with Gasteiger partial charge in [0.15, 0.2) is 0 Å². The van der Waals surface area contributed by atoms with Crippen molar-refractivity contribution in [2.45, 2.75) is 33.1 Å². The Balaban J connectivity index is 2.27. The second-order valence-electron chi connectivity index (χ2n) is 6.40. The monoisotopic (exact) mass is 315 g/mol. The van der Waals surface area contributed by atoms with E-state index in [2.05, 4.69) is 50.0 Å². The third kappa shape index (κ3) is 3.89. The molecule has 0 aromatic heterocycles. The fraction of sp³-hybridized carbons (Fsp3) is 0.316. The minimum atomic E-state index is 0.159. The highest BCUT2D eigenvalue weighted by Crippen LogP contribution is 2.33. The van der Waals surface area contributed by atoms with Crippen LogP contribution in [0.25, 0.3) is 0 Å². The van der Waals surface area contributed by atoms with Crippen LogP contribution in [0.15, 0.2) is 41.4 Å². The van der Waals surface area contributed by atoms with Crippen molar-refractivity contribution in [3.63, 3.8) is 0 Å². The molecule has 0 aliphatic heterocycles. The van der Waals surface area contributed by atoms with E-state index in [0.717, 1.165) is 16.8 Å². The summed E-state index contributed by atoms with van der Waals surface area (Å²) in [6, 6.07) is 12.2. The Morgan fingerprint density at radius 1 is 1.09 bits per heavy atom. The lowest BCUT2D eigenvalue weighted by molar-refractivity contribution is 0.416. The Hall–Kier alpha value is -1.80. The van der Waals surface area contributed by atoms with Crippen molar-refractivity contribution in [3.05, 3.63) is 58.1 Å². The molecule has 116 valence electrons. The van der Waals surface area contributed by atoms with Gasteiger partial charge in [-0.25, -0.2) is 0 Å². The Morgan fingerprint density at radius 2 is 1.73 bits per heavy atom. The standard InChI is InChI=1S/C19H22ClNO/c1-13-10-17(18(22-5)11-16(13)20)21-12-14-6-8-15(9-7-14)19(2,3)4/h6-12H,1-5H3. The van der Waals surface area contributed by atoms with Crippen LogP contribution in [0, 0.1) is 6.92 Å². The predicted octanol–water partition coefficient (Wildman–Crippen LogP) is 5.71. The molecule has 2 nitrogen and oxygen atoms in total. The number of methoxy groups -OCH3 is 1. The Morgan fingerprint density at radius 3 is 2.27 bits per heavy atom. The normalized spacial score (nSPS) is 11.9. The van der Waals surface area contributed by atoms with Gasteiger partial charge in [0.25, 0.3) is 0 Å². The Bertz CT molecular complexity index is 682. The predicted molar refractivity (Wildman–Crippen MR) is 95.1 cm³/mol. The maximum atomic E-state index is 6.11. The van der Waals surface area contributed by atoms with E-state index in [9.17, 15) is 0 Å². The molecule has 0 N–H and O–H groups in total. The first kappa shape index (κ1) is 16.6. The molecule has 0 heterocycles. The molecule has 3 heteroatoms. The highest BCUT2D eigenvalue weighted by Gasteiger charge is 2.12. The van der Waals surface area contributed by atoms with Crippen molar-refractivity contribution in [2.24, 2.45) is 4.99 Å². The second kappa shape index (κ2) is 6.53. The number of hydrogen-bond donors (Lipinski definition) is 0. The first-order chi connectivity index (χ1) is 10.3. The molecule has 22 heavy (non-hydrogen) atoms. The first-order valence-corrected chi connectivity index (χ1v) is 7.68. The van der Waals surface area contributed by atoms with E-state index in [1.807, 2.05) is 19.2 Å². The van der Waals surface area contributed by atoms with Gasteiger partial charge in [0.05, 0.1) is 7.11 Å². The number of nitrogens with zero attached hydrogens (tertiary/aromatic N) is 1. The average Bonchev–Trinajstić information content (AvgIpc) is 2.47. The lowest BCUT2D eigenvalue weighted by Gasteiger charge is -2.18. The summed E-state index contributed by atoms with van der Waals surface area (Å²) in [6.45, 7) is 8.57. The molecule has 0 aliphatic carbocycles. The SMILES string of the molecule is COc1cc(Cl)c(C)cc1N=Cc1ccc(C(C)(C)C)cc1. The van der Waals surface area contributed by atoms with Gasteiger partial charge in [0.2, 0.25) is 0 Å². The van der Waals surface area contributed by atoms with Crippen LogP contribution in [0.5, 0.6) is 5.75 Å². The molecule has 0 amide bonds. The van der Waals surface area contributed by atoms with Gasteiger partial charge in [-0.15, -0.1) is 0 Å². The maximum absolute atomic E-state index is 6.11. The summed E-state index contributed by atoms with van der Waals surface area (Å²) >= 11 is 6.11. The summed E-state index contributed by atoms with van der Waals surface area (Å²) in [5.74, 6) is 0.679. The average molecular weight is 316 g/mol. The van der Waals surface area contributed by atoms with Crippen LogP contribution in [-0.2, 0) is 5.41 Å². The summed E-state index contributed by atoms with van der Waals surface area (Å²) < 4.78 is 5.34. The molecule has 0 saturated heterocycles. The summed E-state index contributed by atoms with van der Waals surface area (Å²) in [7, 11) is 1.62. The zero-order valence-electron chi connectivity index (χ0n) is 13.8. The van der Waals surface area contributed by atoms with Crippen molar-refractivity contribution in [1.29, 1.82) is 0 Å². The van der Waals surface area contributed by atoms with E-state index in [1.165, 1.54) is 5.56 Å². The van der Waals surface area contributed by atoms with Crippen LogP contribution < -0.4 is 4.74 Å². The summed E-state index contributed by atoms with van der Waals surface area (Å²) in [5.41, 5.74) is 4.29. The molecule has 0 saturated carbocycles. The van der Waals surface area contributed by atoms with Crippen molar-refractivity contribution < 1.29 is 4.74 Å². The Labute approximate surface area is 137 Å². The van der Waals surface area contributed by atoms with Crippen molar-refractivity contribution in [1.82, 2.24) is 0 Å². The smallest absolute Gasteiger partial charge is 0.145 e. The number of hydrogen-bond acceptors (Lipinski definition) is 2. The number of aryl methyl sites for hydroxylation is 1. The van der Waals surface area contributed by atoms with Crippen molar-refractivity contribution in [3.8, 4) is 5.75 Å². The summed E-state index contributed by atoms with van der Waals surface area (Å²) in [5, 5.41) is 0.685. The van der Waals surface area contributed by atoms with E-state index in [-0.39, 0.29) is 5.41 Å². The fourth-order valence-electron chi connectivity index (χ4n) is 2.13. The lowest BCUT2D eigenvalue weighted by atomic mass is 9.87. The highest BCUT2D eigenvalue weighted by atomic mass is 35.5. The van der Waals surface area contributed by atoms with Gasteiger partial charge >= 0.3 is 0 Å². The molecule has 0 atom stereocenters. The minimum Gasteiger partial charge on any atom is -0.494 e. The van der Waals surface area contributed by atoms with Gasteiger partial charge in [-0.1, -0.05) is 56.6 Å². The van der Waals surface area contributed by atoms with E-state index in [4.69, 9.17) is 16.3 Å². The summed E-state index contributed by atoms with van der Waals surface area (Å²) in [6.07, 6.45) is 1.84. The molecular formula is C19H22ClNO. The number of halogens is 1. The van der Waals surface area contributed by atoms with Crippen LogP contribution in [0.3, 0.4) is 0 Å². The van der Waals surface area contributed by atoms with Crippen molar-refractivity contribution in [2.75, 3.05) is 7.11 Å². The topological polar surface area (TPSA) is 21.6 Å². The molecule has 2 aromatic rings. The van der Waals surface area contributed by atoms with Crippen LogP contribution in [-0.4, -0.2) is 13.3 Å². The zero-order valence-corrected chi connectivity index (χ0v) is 14.5. The number of ether oxygens (including phenoxy) is 1. The highest BCUT2D eigenvalue weighted by molar-refractivity contribution is 6.31. The van der Waals surface area contributed by atoms with E-state index in [0.29, 0.717) is 10.8 Å². The number of rotatable bonds is 3. The molecule has 0 spiro atoms. The van der Waals surface area contributed by atoms with Gasteiger partial charge in [-0.2, -0.15) is 0 Å². The van der Waals surface area contributed by atoms with E-state index in [1.54, 1.807) is 13.2 Å². The van der Waals surface area contributed by atoms with Crippen LogP contribution in [0.4, 0.5) is 5.69 Å². The second-order valence-corrected chi connectivity index (χ2v) is 6.81. The lowest BCUT2D eigenvalue weighted by Crippen LogP contribution is -2.10. The Kier molecular flexibility index (Phi) is 4.92. The number of aliphatic imine (C=N–C) groups is 1. The molecule has 0 unspecified atom stereocenters. The zero-order chi connectivity index (χ0) is 16.3. The van der Waals surface area contributed by atoms with Gasteiger partial charge < -0.3 is 4.74 Å². The minimum absolute atomic E-state index is 0.159. The molecule has 2 rings (SSSR count). The third-order valence-corrected chi connectivity index (χ3v) is 4.00. The maximum Gasteiger partial charge on any atom is 0.145 e. The van der Waals surface area contributed by atoms with Gasteiger partial charge in [-0.3, -0.25) is 4.99 Å². The van der Waals surface area contributed by atoms with Gasteiger partial charge in [-0.05, 0) is 35.1 Å². The van der Waals surface area contributed by atoms with E-state index >= 15 is 0 Å². The van der Waals surface area contributed by atoms with E-state index < -0.39 is 0 Å². The first-order valence-electron chi connectivity index (χ1n) is 7.30. The largest absolute Gasteiger partial charge is 0.494 e. The molecule has 2 aromatic carbocycles. The van der Waals surface area contributed by atoms with Crippen molar-refractivity contribution >= 4 is 23.5 Å². The van der Waals surface area contributed by atoms with Gasteiger partial charge in [0.1, 0.15) is 11.4 Å². The summed E-state index contributed by atoms with van der Waals surface area (Å²) in [4.78, 5) is 4.53. The fourth-order valence-corrected chi connectivity index (χ4v) is 2.28. The molecule has 0 radical (unpaired) electrons. The molecule has 0 fully saturated rings. The van der Waals surface area contributed by atoms with Crippen LogP contribution in [0.2, 0.25) is 5.02 Å². The number of benzene rings is 2. The van der Waals surface area contributed by atoms with Crippen LogP contribution in [0.1, 0.15) is 37.5 Å². The quantitative estimate of drug-likeness (QED) is 0.665. The van der Waals surface area contributed by atoms with Crippen LogP contribution >= 0.6 is 11.6 Å². The molecular weight excluding hydrogens is 294 g/mol. The molecule has 0 bridgehead atoms. The molecule has 0 aliphatic rings.